The first-order chi connectivity index (χ1) is 12.8. The van der Waals surface area contributed by atoms with E-state index in [1.165, 1.54) is 10.6 Å². The lowest BCUT2D eigenvalue weighted by atomic mass is 10.3. The van der Waals surface area contributed by atoms with Gasteiger partial charge in [-0.2, -0.15) is 0 Å². The molecule has 0 aliphatic carbocycles. The Bertz CT molecular complexity index is 829. The molecule has 0 aromatic heterocycles. The number of amides is 1. The molecule has 3 rings (SSSR count). The summed E-state index contributed by atoms with van der Waals surface area (Å²) >= 11 is 0. The molecule has 0 fully saturated rings. The zero-order valence-corrected chi connectivity index (χ0v) is 14.9. The van der Waals surface area contributed by atoms with Crippen molar-refractivity contribution in [2.75, 3.05) is 6.54 Å². The first-order valence-corrected chi connectivity index (χ1v) is 9.51. The largest absolute Gasteiger partial charge is 0.425 e. The van der Waals surface area contributed by atoms with Crippen LogP contribution in [0.15, 0.2) is 84.9 Å². The van der Waals surface area contributed by atoms with Gasteiger partial charge in [0.2, 0.25) is 6.41 Å². The topological polar surface area (TPSA) is 55.4 Å². The van der Waals surface area contributed by atoms with Crippen molar-refractivity contribution in [2.24, 2.45) is 0 Å². The highest BCUT2D eigenvalue weighted by atomic mass is 31.1. The Labute approximate surface area is 153 Å². The third-order valence-corrected chi connectivity index (χ3v) is 6.17. The fraction of sp³-hybridized carbons (Fsp3) is 0.0476. The molecule has 0 unspecified atom stereocenters. The minimum atomic E-state index is -0.877. The van der Waals surface area contributed by atoms with E-state index in [-0.39, 0.29) is 6.54 Å². The average Bonchev–Trinajstić information content (AvgIpc) is 2.69. The van der Waals surface area contributed by atoms with Crippen molar-refractivity contribution in [3.8, 4) is 5.75 Å². The van der Waals surface area contributed by atoms with Crippen LogP contribution in [0, 0.1) is 0 Å². The average molecular weight is 363 g/mol. The minimum absolute atomic E-state index is 0.160. The van der Waals surface area contributed by atoms with E-state index < -0.39 is 13.9 Å². The number of hydrogen-bond donors (Lipinski definition) is 1. The Morgan fingerprint density at radius 1 is 0.846 bits per heavy atom. The highest BCUT2D eigenvalue weighted by Gasteiger charge is 2.21. The molecule has 0 spiro atoms. The lowest BCUT2D eigenvalue weighted by Gasteiger charge is -2.21. The van der Waals surface area contributed by atoms with E-state index >= 15 is 0 Å². The normalized spacial score (nSPS) is 10.3. The van der Waals surface area contributed by atoms with Crippen LogP contribution in [-0.2, 0) is 9.59 Å². The van der Waals surface area contributed by atoms with Crippen LogP contribution in [0.5, 0.6) is 5.75 Å². The molecule has 26 heavy (non-hydrogen) atoms. The van der Waals surface area contributed by atoms with Crippen molar-refractivity contribution in [1.29, 1.82) is 0 Å². The van der Waals surface area contributed by atoms with Crippen molar-refractivity contribution in [2.45, 2.75) is 0 Å². The van der Waals surface area contributed by atoms with Crippen LogP contribution in [0.2, 0.25) is 0 Å². The number of nitrogens with one attached hydrogen (secondary N) is 1. The van der Waals surface area contributed by atoms with E-state index in [1.54, 1.807) is 6.07 Å². The number of carbonyl (C=O) groups is 2. The van der Waals surface area contributed by atoms with Crippen LogP contribution >= 0.6 is 7.92 Å². The van der Waals surface area contributed by atoms with Gasteiger partial charge < -0.3 is 10.1 Å². The zero-order valence-electron chi connectivity index (χ0n) is 14.0. The van der Waals surface area contributed by atoms with Crippen LogP contribution in [-0.4, -0.2) is 18.9 Å². The van der Waals surface area contributed by atoms with Crippen LogP contribution in [0.4, 0.5) is 0 Å². The van der Waals surface area contributed by atoms with Gasteiger partial charge in [0.05, 0.1) is 0 Å². The van der Waals surface area contributed by atoms with Gasteiger partial charge in [-0.15, -0.1) is 0 Å². The number of benzene rings is 3. The highest BCUT2D eigenvalue weighted by Crippen LogP contribution is 2.36. The van der Waals surface area contributed by atoms with Gasteiger partial charge in [0, 0.05) is 5.30 Å². The second-order valence-electron chi connectivity index (χ2n) is 5.45. The molecule has 130 valence electrons. The summed E-state index contributed by atoms with van der Waals surface area (Å²) in [6, 6.07) is 27.9. The maximum absolute atomic E-state index is 12.0. The Morgan fingerprint density at radius 3 is 1.96 bits per heavy atom. The van der Waals surface area contributed by atoms with Crippen LogP contribution < -0.4 is 26.0 Å². The molecular formula is C21H18NO3P. The summed E-state index contributed by atoms with van der Waals surface area (Å²) in [7, 11) is -0.877. The summed E-state index contributed by atoms with van der Waals surface area (Å²) in [6.07, 6.45) is 0.480. The third kappa shape index (κ3) is 4.35. The molecule has 0 radical (unpaired) electrons. The number of esters is 1. The summed E-state index contributed by atoms with van der Waals surface area (Å²) in [5.41, 5.74) is 0. The summed E-state index contributed by atoms with van der Waals surface area (Å²) in [4.78, 5) is 22.4. The summed E-state index contributed by atoms with van der Waals surface area (Å²) in [5, 5.41) is 5.63. The molecule has 5 heteroatoms. The van der Waals surface area contributed by atoms with Crippen molar-refractivity contribution >= 4 is 36.2 Å². The van der Waals surface area contributed by atoms with E-state index in [0.29, 0.717) is 12.2 Å². The lowest BCUT2D eigenvalue weighted by molar-refractivity contribution is -0.134. The van der Waals surface area contributed by atoms with Gasteiger partial charge in [-0.3, -0.25) is 4.79 Å². The summed E-state index contributed by atoms with van der Waals surface area (Å²) < 4.78 is 5.53. The summed E-state index contributed by atoms with van der Waals surface area (Å²) in [5.74, 6) is 0.0182. The number of hydrogen-bond acceptors (Lipinski definition) is 3. The first kappa shape index (κ1) is 17.8. The minimum Gasteiger partial charge on any atom is -0.425 e. The van der Waals surface area contributed by atoms with Crippen LogP contribution in [0.1, 0.15) is 0 Å². The van der Waals surface area contributed by atoms with Gasteiger partial charge in [0.1, 0.15) is 12.3 Å². The molecule has 0 saturated heterocycles. The maximum Gasteiger partial charge on any atom is 0.330 e. The molecule has 4 nitrogen and oxygen atoms in total. The van der Waals surface area contributed by atoms with Crippen molar-refractivity contribution in [1.82, 2.24) is 5.32 Å². The molecule has 3 aromatic rings. The second kappa shape index (κ2) is 8.93. The standard InChI is InChI=1S/C21H18NO3P/c23-16-22-15-21(24)25-19-13-7-8-14-20(19)26(17-9-3-1-4-10-17)18-11-5-2-6-12-18/h1-14,16H,15H2,(H,22,23). The van der Waals surface area contributed by atoms with Crippen molar-refractivity contribution < 1.29 is 14.3 Å². The third-order valence-electron chi connectivity index (χ3n) is 3.69. The molecule has 0 aliphatic heterocycles. The van der Waals surface area contributed by atoms with E-state index in [9.17, 15) is 9.59 Å². The van der Waals surface area contributed by atoms with Crippen LogP contribution in [0.25, 0.3) is 0 Å². The molecule has 0 saturated carbocycles. The van der Waals surface area contributed by atoms with E-state index in [1.807, 2.05) is 54.6 Å². The SMILES string of the molecule is O=CNCC(=O)Oc1ccccc1P(c1ccccc1)c1ccccc1. The molecule has 0 aliphatic rings. The number of ether oxygens (including phenoxy) is 1. The smallest absolute Gasteiger partial charge is 0.330 e. The molecular weight excluding hydrogens is 345 g/mol. The van der Waals surface area contributed by atoms with Gasteiger partial charge in [0.15, 0.2) is 0 Å². The predicted molar refractivity (Wildman–Crippen MR) is 105 cm³/mol. The molecule has 0 atom stereocenters. The van der Waals surface area contributed by atoms with E-state index in [4.69, 9.17) is 4.74 Å². The van der Waals surface area contributed by atoms with Crippen LogP contribution in [0.3, 0.4) is 0 Å². The van der Waals surface area contributed by atoms with E-state index in [0.717, 1.165) is 5.30 Å². The van der Waals surface area contributed by atoms with Gasteiger partial charge in [-0.25, -0.2) is 4.79 Å². The highest BCUT2D eigenvalue weighted by molar-refractivity contribution is 7.80. The quantitative estimate of drug-likeness (QED) is 0.303. The number of carbonyl (C=O) groups excluding carboxylic acids is 2. The Kier molecular flexibility index (Phi) is 6.13. The van der Waals surface area contributed by atoms with Gasteiger partial charge >= 0.3 is 5.97 Å². The number of rotatable bonds is 7. The van der Waals surface area contributed by atoms with Crippen molar-refractivity contribution in [3.63, 3.8) is 0 Å². The monoisotopic (exact) mass is 363 g/mol. The summed E-state index contributed by atoms with van der Waals surface area (Å²) in [6.45, 7) is -0.160. The lowest BCUT2D eigenvalue weighted by Crippen LogP contribution is -2.28. The molecule has 1 N–H and O–H groups in total. The van der Waals surface area contributed by atoms with E-state index in [2.05, 4.69) is 29.6 Å². The second-order valence-corrected chi connectivity index (χ2v) is 7.63. The Hall–Kier alpha value is -2.97. The molecule has 3 aromatic carbocycles. The number of para-hydroxylation sites is 1. The predicted octanol–water partition coefficient (Wildman–Crippen LogP) is 2.10. The molecule has 1 amide bonds. The van der Waals surface area contributed by atoms with Gasteiger partial charge in [0.25, 0.3) is 0 Å². The fourth-order valence-corrected chi connectivity index (χ4v) is 4.96. The Balaban J connectivity index is 2.02. The van der Waals surface area contributed by atoms with Gasteiger partial charge in [-0.1, -0.05) is 78.9 Å². The Morgan fingerprint density at radius 2 is 1.38 bits per heavy atom. The maximum atomic E-state index is 12.0. The molecule has 0 heterocycles. The van der Waals surface area contributed by atoms with Gasteiger partial charge in [-0.05, 0) is 24.6 Å². The van der Waals surface area contributed by atoms with Crippen molar-refractivity contribution in [3.05, 3.63) is 84.9 Å². The molecule has 0 bridgehead atoms. The first-order valence-electron chi connectivity index (χ1n) is 8.16. The zero-order chi connectivity index (χ0) is 18.2. The fourth-order valence-electron chi connectivity index (χ4n) is 2.59.